The maximum Gasteiger partial charge on any atom is 0.128 e. The highest BCUT2D eigenvalue weighted by Crippen LogP contribution is 2.27. The van der Waals surface area contributed by atoms with Crippen molar-refractivity contribution in [3.63, 3.8) is 0 Å². The van der Waals surface area contributed by atoms with Crippen LogP contribution >= 0.6 is 47.8 Å². The molecule has 0 aliphatic rings. The number of hydrogen-bond donors (Lipinski definition) is 0. The first kappa shape index (κ1) is 10.7. The molecule has 0 amide bonds. The average Bonchev–Trinajstić information content (AvgIpc) is 2.06. The molecule has 1 rings (SSSR count). The molecule has 0 unspecified atom stereocenters. The minimum atomic E-state index is -0.177. The van der Waals surface area contributed by atoms with Crippen molar-refractivity contribution in [1.29, 1.82) is 0 Å². The van der Waals surface area contributed by atoms with E-state index in [1.165, 1.54) is 6.07 Å². The van der Waals surface area contributed by atoms with E-state index in [4.69, 9.17) is 0 Å². The van der Waals surface area contributed by atoms with Gasteiger partial charge in [0.05, 0.1) is 0 Å². The van der Waals surface area contributed by atoms with Crippen molar-refractivity contribution in [3.8, 4) is 0 Å². The maximum atomic E-state index is 13.1. The minimum absolute atomic E-state index is 0.177. The van der Waals surface area contributed by atoms with Crippen LogP contribution in [0.5, 0.6) is 0 Å². The normalized spacial score (nSPS) is 10.3. The van der Waals surface area contributed by atoms with Crippen molar-refractivity contribution < 1.29 is 4.39 Å². The predicted octanol–water partition coefficient (Wildman–Crippen LogP) is 4.38. The monoisotopic (exact) mass is 358 g/mol. The lowest BCUT2D eigenvalue weighted by Crippen LogP contribution is -1.91. The molecule has 0 aromatic heterocycles. The summed E-state index contributed by atoms with van der Waals surface area (Å²) in [5.41, 5.74) is 1.73. The smallest absolute Gasteiger partial charge is 0.128 e. The SMILES string of the molecule is Fc1ccc(CBr)c(Br)c1CBr. The van der Waals surface area contributed by atoms with E-state index in [1.54, 1.807) is 6.07 Å². The van der Waals surface area contributed by atoms with Gasteiger partial charge >= 0.3 is 0 Å². The van der Waals surface area contributed by atoms with E-state index < -0.39 is 0 Å². The molecule has 0 N–H and O–H groups in total. The van der Waals surface area contributed by atoms with Gasteiger partial charge in [-0.25, -0.2) is 4.39 Å². The first-order chi connectivity index (χ1) is 5.70. The van der Waals surface area contributed by atoms with Crippen molar-refractivity contribution >= 4 is 47.8 Å². The largest absolute Gasteiger partial charge is 0.207 e. The summed E-state index contributed by atoms with van der Waals surface area (Å²) in [6, 6.07) is 3.25. The van der Waals surface area contributed by atoms with Crippen LogP contribution < -0.4 is 0 Å². The van der Waals surface area contributed by atoms with Crippen molar-refractivity contribution in [1.82, 2.24) is 0 Å². The fourth-order valence-electron chi connectivity index (χ4n) is 0.872. The summed E-state index contributed by atoms with van der Waals surface area (Å²) in [4.78, 5) is 0. The third kappa shape index (κ3) is 2.09. The van der Waals surface area contributed by atoms with Gasteiger partial charge in [-0.05, 0) is 11.6 Å². The van der Waals surface area contributed by atoms with Gasteiger partial charge in [0.25, 0.3) is 0 Å². The van der Waals surface area contributed by atoms with Gasteiger partial charge in [-0.15, -0.1) is 0 Å². The average molecular weight is 361 g/mol. The van der Waals surface area contributed by atoms with Gasteiger partial charge in [0, 0.05) is 20.7 Å². The van der Waals surface area contributed by atoms with Crippen LogP contribution in [0, 0.1) is 5.82 Å². The Hall–Kier alpha value is 0.590. The molecule has 1 aromatic rings. The summed E-state index contributed by atoms with van der Waals surface area (Å²) in [5, 5.41) is 1.26. The number of halogens is 4. The molecule has 0 saturated heterocycles. The van der Waals surface area contributed by atoms with Crippen LogP contribution in [0.2, 0.25) is 0 Å². The fourth-order valence-corrected chi connectivity index (χ4v) is 3.24. The van der Waals surface area contributed by atoms with Crippen LogP contribution in [0.1, 0.15) is 11.1 Å². The minimum Gasteiger partial charge on any atom is -0.207 e. The first-order valence-electron chi connectivity index (χ1n) is 3.28. The highest BCUT2D eigenvalue weighted by molar-refractivity contribution is 9.11. The van der Waals surface area contributed by atoms with E-state index in [1.807, 2.05) is 0 Å². The fraction of sp³-hybridized carbons (Fsp3) is 0.250. The van der Waals surface area contributed by atoms with Crippen LogP contribution in [0.3, 0.4) is 0 Å². The standard InChI is InChI=1S/C8H6Br3F/c9-3-5-1-2-7(12)6(4-10)8(5)11/h1-2H,3-4H2. The van der Waals surface area contributed by atoms with Gasteiger partial charge in [0.1, 0.15) is 5.82 Å². The van der Waals surface area contributed by atoms with Crippen LogP contribution in [-0.4, -0.2) is 0 Å². The molecule has 0 spiro atoms. The van der Waals surface area contributed by atoms with E-state index in [0.717, 1.165) is 15.4 Å². The number of hydrogen-bond acceptors (Lipinski definition) is 0. The lowest BCUT2D eigenvalue weighted by atomic mass is 10.1. The zero-order chi connectivity index (χ0) is 9.14. The highest BCUT2D eigenvalue weighted by atomic mass is 79.9. The topological polar surface area (TPSA) is 0 Å². The Morgan fingerprint density at radius 1 is 1.17 bits per heavy atom. The molecule has 12 heavy (non-hydrogen) atoms. The summed E-state index contributed by atoms with van der Waals surface area (Å²) in [6.07, 6.45) is 0. The van der Waals surface area contributed by atoms with Gasteiger partial charge < -0.3 is 0 Å². The number of benzene rings is 1. The lowest BCUT2D eigenvalue weighted by Gasteiger charge is -2.06. The second-order valence-electron chi connectivity index (χ2n) is 2.27. The molecule has 0 nitrogen and oxygen atoms in total. The zero-order valence-corrected chi connectivity index (χ0v) is 10.8. The van der Waals surface area contributed by atoms with Crippen molar-refractivity contribution in [2.75, 3.05) is 0 Å². The van der Waals surface area contributed by atoms with Gasteiger partial charge in [-0.1, -0.05) is 53.9 Å². The van der Waals surface area contributed by atoms with Gasteiger partial charge in [-0.3, -0.25) is 0 Å². The Labute approximate surface area is 95.9 Å². The van der Waals surface area contributed by atoms with Gasteiger partial charge in [0.15, 0.2) is 0 Å². The molecule has 66 valence electrons. The molecule has 0 atom stereocenters. The molecular formula is C8H6Br3F. The van der Waals surface area contributed by atoms with Gasteiger partial charge in [-0.2, -0.15) is 0 Å². The van der Waals surface area contributed by atoms with Crippen LogP contribution in [0.25, 0.3) is 0 Å². The molecule has 0 heterocycles. The molecule has 0 radical (unpaired) electrons. The molecule has 0 aliphatic carbocycles. The summed E-state index contributed by atoms with van der Waals surface area (Å²) >= 11 is 9.92. The summed E-state index contributed by atoms with van der Waals surface area (Å²) in [7, 11) is 0. The van der Waals surface area contributed by atoms with Crippen molar-refractivity contribution in [2.45, 2.75) is 10.7 Å². The maximum absolute atomic E-state index is 13.1. The summed E-state index contributed by atoms with van der Waals surface area (Å²) in [6.45, 7) is 0. The molecule has 0 bridgehead atoms. The van der Waals surface area contributed by atoms with E-state index >= 15 is 0 Å². The van der Waals surface area contributed by atoms with E-state index in [9.17, 15) is 4.39 Å². The lowest BCUT2D eigenvalue weighted by molar-refractivity contribution is 0.616. The summed E-state index contributed by atoms with van der Waals surface area (Å²) < 4.78 is 13.9. The van der Waals surface area contributed by atoms with Crippen molar-refractivity contribution in [2.24, 2.45) is 0 Å². The Kier molecular flexibility index (Phi) is 4.20. The molecule has 0 saturated carbocycles. The Bertz CT molecular complexity index is 286. The molecule has 0 fully saturated rings. The van der Waals surface area contributed by atoms with Crippen LogP contribution in [0.15, 0.2) is 16.6 Å². The van der Waals surface area contributed by atoms with Crippen LogP contribution in [-0.2, 0) is 10.7 Å². The zero-order valence-electron chi connectivity index (χ0n) is 6.08. The first-order valence-corrected chi connectivity index (χ1v) is 6.32. The number of alkyl halides is 2. The second-order valence-corrected chi connectivity index (χ2v) is 4.18. The van der Waals surface area contributed by atoms with Gasteiger partial charge in [0.2, 0.25) is 0 Å². The predicted molar refractivity (Wildman–Crippen MR) is 59.4 cm³/mol. The quantitative estimate of drug-likeness (QED) is 0.687. The third-order valence-electron chi connectivity index (χ3n) is 1.54. The Morgan fingerprint density at radius 2 is 1.83 bits per heavy atom. The Balaban J connectivity index is 3.24. The highest BCUT2D eigenvalue weighted by Gasteiger charge is 2.08. The number of rotatable bonds is 2. The van der Waals surface area contributed by atoms with Crippen molar-refractivity contribution in [3.05, 3.63) is 33.5 Å². The van der Waals surface area contributed by atoms with E-state index in [-0.39, 0.29) is 5.82 Å². The second kappa shape index (κ2) is 4.72. The Morgan fingerprint density at radius 3 is 2.33 bits per heavy atom. The third-order valence-corrected chi connectivity index (χ3v) is 3.70. The van der Waals surface area contributed by atoms with Crippen LogP contribution in [0.4, 0.5) is 4.39 Å². The van der Waals surface area contributed by atoms with E-state index in [2.05, 4.69) is 47.8 Å². The van der Waals surface area contributed by atoms with E-state index in [0.29, 0.717) is 10.9 Å². The molecule has 1 aromatic carbocycles. The molecule has 4 heteroatoms. The molecular weight excluding hydrogens is 355 g/mol. The summed E-state index contributed by atoms with van der Waals surface area (Å²) in [5.74, 6) is -0.177. The molecule has 0 aliphatic heterocycles.